The Balaban J connectivity index is 2.05. The van der Waals surface area contributed by atoms with Gasteiger partial charge in [-0.3, -0.25) is 9.59 Å². The summed E-state index contributed by atoms with van der Waals surface area (Å²) in [5.41, 5.74) is 1.73. The Morgan fingerprint density at radius 1 is 1.11 bits per heavy atom. The van der Waals surface area contributed by atoms with Crippen molar-refractivity contribution >= 4 is 17.5 Å². The second-order valence-corrected chi connectivity index (χ2v) is 7.33. The first-order valence-corrected chi connectivity index (χ1v) is 9.60. The van der Waals surface area contributed by atoms with Crippen molar-refractivity contribution in [3.8, 4) is 5.75 Å². The third-order valence-corrected chi connectivity index (χ3v) is 4.85. The van der Waals surface area contributed by atoms with Gasteiger partial charge in [0.1, 0.15) is 11.2 Å². The van der Waals surface area contributed by atoms with Crippen LogP contribution in [0.25, 0.3) is 0 Å². The van der Waals surface area contributed by atoms with Gasteiger partial charge in [0.2, 0.25) is 11.8 Å². The monoisotopic (exact) mass is 382 g/mol. The van der Waals surface area contributed by atoms with Crippen LogP contribution in [0.15, 0.2) is 48.5 Å². The number of hydrogen-bond donors (Lipinski definition) is 1. The number of ether oxygens (including phenoxy) is 1. The number of aryl methyl sites for hydroxylation is 1. The largest absolute Gasteiger partial charge is 0.496 e. The molecule has 0 aliphatic heterocycles. The van der Waals surface area contributed by atoms with Gasteiger partial charge in [-0.05, 0) is 63.4 Å². The second kappa shape index (κ2) is 9.40. The summed E-state index contributed by atoms with van der Waals surface area (Å²) in [6, 6.07) is 15.5. The van der Waals surface area contributed by atoms with Crippen molar-refractivity contribution in [3.05, 3.63) is 59.7 Å². The van der Waals surface area contributed by atoms with Gasteiger partial charge in [0.25, 0.3) is 0 Å². The zero-order chi connectivity index (χ0) is 20.7. The molecule has 0 radical (unpaired) electrons. The van der Waals surface area contributed by atoms with E-state index in [0.717, 1.165) is 22.6 Å². The van der Waals surface area contributed by atoms with Crippen LogP contribution in [0.1, 0.15) is 31.9 Å². The number of nitrogens with one attached hydrogen (secondary N) is 1. The summed E-state index contributed by atoms with van der Waals surface area (Å²) in [7, 11) is 1.63. The van der Waals surface area contributed by atoms with Gasteiger partial charge in [-0.25, -0.2) is 0 Å². The van der Waals surface area contributed by atoms with Crippen LogP contribution in [0.4, 0.5) is 5.69 Å². The van der Waals surface area contributed by atoms with E-state index in [1.54, 1.807) is 25.9 Å². The zero-order valence-corrected chi connectivity index (χ0v) is 17.4. The predicted octanol–water partition coefficient (Wildman–Crippen LogP) is 3.74. The molecule has 150 valence electrons. The standard InChI is InChI=1S/C23H30N2O3/c1-6-25(19-12-9-10-17(2)16-19)22(27)23(3,4)21(26)24-15-14-18-11-7-8-13-20(18)28-5/h7-13,16H,6,14-15H2,1-5H3,(H,24,26). The van der Waals surface area contributed by atoms with Crippen LogP contribution in [0, 0.1) is 12.3 Å². The number of anilines is 1. The first-order chi connectivity index (χ1) is 13.3. The Labute approximate surface area is 167 Å². The lowest BCUT2D eigenvalue weighted by Gasteiger charge is -2.30. The Morgan fingerprint density at radius 3 is 2.46 bits per heavy atom. The maximum absolute atomic E-state index is 13.1. The predicted molar refractivity (Wildman–Crippen MR) is 113 cm³/mol. The molecule has 0 saturated heterocycles. The maximum atomic E-state index is 13.1. The molecule has 0 saturated carbocycles. The lowest BCUT2D eigenvalue weighted by Crippen LogP contribution is -2.50. The number of hydrogen-bond acceptors (Lipinski definition) is 3. The first kappa shape index (κ1) is 21.5. The zero-order valence-electron chi connectivity index (χ0n) is 17.4. The molecule has 0 aromatic heterocycles. The number of carbonyl (C=O) groups excluding carboxylic acids is 2. The van der Waals surface area contributed by atoms with Crippen LogP contribution in [0.5, 0.6) is 5.75 Å². The van der Waals surface area contributed by atoms with Crippen LogP contribution >= 0.6 is 0 Å². The minimum atomic E-state index is -1.17. The highest BCUT2D eigenvalue weighted by molar-refractivity contribution is 6.11. The van der Waals surface area contributed by atoms with Crippen molar-refractivity contribution in [2.24, 2.45) is 5.41 Å². The molecule has 0 spiro atoms. The number of nitrogens with zero attached hydrogens (tertiary/aromatic N) is 1. The number of benzene rings is 2. The second-order valence-electron chi connectivity index (χ2n) is 7.33. The highest BCUT2D eigenvalue weighted by Gasteiger charge is 2.39. The van der Waals surface area contributed by atoms with E-state index in [2.05, 4.69) is 5.32 Å². The fourth-order valence-corrected chi connectivity index (χ4v) is 3.11. The van der Waals surface area contributed by atoms with Gasteiger partial charge in [-0.2, -0.15) is 0 Å². The summed E-state index contributed by atoms with van der Waals surface area (Å²) in [5, 5.41) is 2.90. The molecule has 2 rings (SSSR count). The Hall–Kier alpha value is -2.82. The third-order valence-electron chi connectivity index (χ3n) is 4.85. The van der Waals surface area contributed by atoms with Crippen LogP contribution < -0.4 is 15.0 Å². The molecule has 0 aliphatic rings. The van der Waals surface area contributed by atoms with Crippen molar-refractivity contribution in [1.82, 2.24) is 5.32 Å². The van der Waals surface area contributed by atoms with Crippen LogP contribution in [0.2, 0.25) is 0 Å². The van der Waals surface area contributed by atoms with E-state index >= 15 is 0 Å². The number of para-hydroxylation sites is 1. The van der Waals surface area contributed by atoms with Gasteiger partial charge < -0.3 is 15.0 Å². The average Bonchev–Trinajstić information content (AvgIpc) is 2.68. The van der Waals surface area contributed by atoms with Gasteiger partial charge in [-0.15, -0.1) is 0 Å². The molecule has 2 amide bonds. The van der Waals surface area contributed by atoms with E-state index in [1.807, 2.05) is 62.4 Å². The van der Waals surface area contributed by atoms with Crippen LogP contribution in [0.3, 0.4) is 0 Å². The summed E-state index contributed by atoms with van der Waals surface area (Å²) in [4.78, 5) is 27.6. The number of carbonyl (C=O) groups is 2. The van der Waals surface area contributed by atoms with Gasteiger partial charge in [0.15, 0.2) is 0 Å². The molecule has 0 heterocycles. The van der Waals surface area contributed by atoms with E-state index < -0.39 is 5.41 Å². The third kappa shape index (κ3) is 4.91. The molecule has 0 fully saturated rings. The maximum Gasteiger partial charge on any atom is 0.242 e. The molecule has 2 aromatic rings. The molecule has 1 N–H and O–H groups in total. The SMILES string of the molecule is CCN(C(=O)C(C)(C)C(=O)NCCc1ccccc1OC)c1cccc(C)c1. The minimum Gasteiger partial charge on any atom is -0.496 e. The topological polar surface area (TPSA) is 58.6 Å². The summed E-state index contributed by atoms with van der Waals surface area (Å²) >= 11 is 0. The van der Waals surface area contributed by atoms with Gasteiger partial charge in [0.05, 0.1) is 7.11 Å². The van der Waals surface area contributed by atoms with Crippen molar-refractivity contribution in [3.63, 3.8) is 0 Å². The normalized spacial score (nSPS) is 11.0. The lowest BCUT2D eigenvalue weighted by atomic mass is 9.89. The van der Waals surface area contributed by atoms with Crippen molar-refractivity contribution in [2.75, 3.05) is 25.1 Å². The van der Waals surface area contributed by atoms with Crippen molar-refractivity contribution < 1.29 is 14.3 Å². The Morgan fingerprint density at radius 2 is 1.82 bits per heavy atom. The summed E-state index contributed by atoms with van der Waals surface area (Å²) in [6.45, 7) is 8.18. The molecular weight excluding hydrogens is 352 g/mol. The van der Waals surface area contributed by atoms with Gasteiger partial charge in [-0.1, -0.05) is 30.3 Å². The molecule has 2 aromatic carbocycles. The minimum absolute atomic E-state index is 0.213. The van der Waals surface area contributed by atoms with E-state index in [0.29, 0.717) is 19.5 Å². The number of rotatable bonds is 8. The fourth-order valence-electron chi connectivity index (χ4n) is 3.11. The molecule has 5 nitrogen and oxygen atoms in total. The first-order valence-electron chi connectivity index (χ1n) is 9.60. The quantitative estimate of drug-likeness (QED) is 0.708. The summed E-state index contributed by atoms with van der Waals surface area (Å²) in [6.07, 6.45) is 0.634. The molecule has 0 aliphatic carbocycles. The molecule has 0 atom stereocenters. The number of methoxy groups -OCH3 is 1. The van der Waals surface area contributed by atoms with Crippen molar-refractivity contribution in [2.45, 2.75) is 34.1 Å². The molecule has 0 bridgehead atoms. The van der Waals surface area contributed by atoms with E-state index in [1.165, 1.54) is 0 Å². The smallest absolute Gasteiger partial charge is 0.242 e. The van der Waals surface area contributed by atoms with Gasteiger partial charge in [0, 0.05) is 18.8 Å². The van der Waals surface area contributed by atoms with Gasteiger partial charge >= 0.3 is 0 Å². The van der Waals surface area contributed by atoms with E-state index in [4.69, 9.17) is 4.74 Å². The molecule has 28 heavy (non-hydrogen) atoms. The Bertz CT molecular complexity index is 830. The van der Waals surface area contributed by atoms with Crippen LogP contribution in [-0.4, -0.2) is 32.0 Å². The Kier molecular flexibility index (Phi) is 7.21. The van der Waals surface area contributed by atoms with E-state index in [-0.39, 0.29) is 11.8 Å². The fraction of sp³-hybridized carbons (Fsp3) is 0.391. The highest BCUT2D eigenvalue weighted by Crippen LogP contribution is 2.25. The summed E-state index contributed by atoms with van der Waals surface area (Å²) < 4.78 is 5.34. The highest BCUT2D eigenvalue weighted by atomic mass is 16.5. The molecular formula is C23H30N2O3. The molecule has 5 heteroatoms. The van der Waals surface area contributed by atoms with E-state index in [9.17, 15) is 9.59 Å². The lowest BCUT2D eigenvalue weighted by molar-refractivity contribution is -0.139. The summed E-state index contributed by atoms with van der Waals surface area (Å²) in [5.74, 6) is 0.303. The van der Waals surface area contributed by atoms with Crippen LogP contribution in [-0.2, 0) is 16.0 Å². The average molecular weight is 383 g/mol. The molecule has 0 unspecified atom stereocenters. The van der Waals surface area contributed by atoms with Crippen molar-refractivity contribution in [1.29, 1.82) is 0 Å². The number of amides is 2.